The fraction of sp³-hybridized carbons (Fsp3) is 0.167. The summed E-state index contributed by atoms with van der Waals surface area (Å²) in [6.07, 6.45) is -0.753. The van der Waals surface area contributed by atoms with Crippen molar-refractivity contribution in [1.82, 2.24) is 10.1 Å². The average molecular weight is 479 g/mol. The summed E-state index contributed by atoms with van der Waals surface area (Å²) < 4.78 is 7.45. The largest absolute Gasteiger partial charge is 0.854 e. The lowest BCUT2D eigenvalue weighted by Gasteiger charge is -2.31. The maximum atomic E-state index is 13.2. The summed E-state index contributed by atoms with van der Waals surface area (Å²) in [6.45, 7) is 3.31. The third-order valence-electron chi connectivity index (χ3n) is 5.39. The zero-order valence-corrected chi connectivity index (χ0v) is 19.4. The molecule has 4 aromatic rings. The van der Waals surface area contributed by atoms with Gasteiger partial charge in [0.2, 0.25) is 5.91 Å². The summed E-state index contributed by atoms with van der Waals surface area (Å²) in [6, 6.07) is 18.4. The summed E-state index contributed by atoms with van der Waals surface area (Å²) in [5, 5.41) is 18.9. The zero-order valence-electron chi connectivity index (χ0n) is 17.9. The highest BCUT2D eigenvalue weighted by Gasteiger charge is 2.45. The molecule has 5 rings (SSSR count). The van der Waals surface area contributed by atoms with Gasteiger partial charge >= 0.3 is 6.17 Å². The molecule has 1 aliphatic rings. The molecule has 0 aliphatic carbocycles. The standard InChI is InChI=1S/C24H19ClN4O3S/c1-14-11-12-20(32-14)23-28(15(2)30)19-10-6-4-8-17(19)21-22(31)26-24(27-29(21)23)33-13-16-7-3-5-9-18(16)25/h3-12,23H,13H2,1-2H3. The molecule has 0 N–H and O–H groups in total. The summed E-state index contributed by atoms with van der Waals surface area (Å²) in [5.41, 5.74) is 2.43. The topological polar surface area (TPSA) is 86.2 Å². The lowest BCUT2D eigenvalue weighted by Crippen LogP contribution is -2.58. The number of amides is 1. The number of halogens is 1. The maximum Gasteiger partial charge on any atom is 0.325 e. The van der Waals surface area contributed by atoms with Gasteiger partial charge in [-0.3, -0.25) is 4.79 Å². The molecular formula is C24H19ClN4O3S. The Kier molecular flexibility index (Phi) is 5.55. The van der Waals surface area contributed by atoms with Crippen LogP contribution in [0.2, 0.25) is 5.02 Å². The number of hydrogen-bond acceptors (Lipinski definition) is 6. The minimum absolute atomic E-state index is 0.198. The van der Waals surface area contributed by atoms with Crippen molar-refractivity contribution < 1.29 is 19.0 Å². The zero-order chi connectivity index (χ0) is 23.1. The first-order valence-corrected chi connectivity index (χ1v) is 11.6. The van der Waals surface area contributed by atoms with Crippen molar-refractivity contribution in [2.24, 2.45) is 0 Å². The third kappa shape index (κ3) is 3.85. The van der Waals surface area contributed by atoms with Crippen LogP contribution in [0, 0.1) is 6.92 Å². The molecule has 0 spiro atoms. The van der Waals surface area contributed by atoms with E-state index >= 15 is 0 Å². The van der Waals surface area contributed by atoms with E-state index in [-0.39, 0.29) is 5.91 Å². The van der Waals surface area contributed by atoms with E-state index in [1.54, 1.807) is 21.7 Å². The van der Waals surface area contributed by atoms with Crippen molar-refractivity contribution in [1.29, 1.82) is 0 Å². The number of fused-ring (bicyclic) bond motifs is 3. The van der Waals surface area contributed by atoms with Gasteiger partial charge in [0.1, 0.15) is 5.76 Å². The Morgan fingerprint density at radius 3 is 2.67 bits per heavy atom. The van der Waals surface area contributed by atoms with E-state index in [4.69, 9.17) is 16.0 Å². The minimum Gasteiger partial charge on any atom is -0.854 e. The molecule has 33 heavy (non-hydrogen) atoms. The molecule has 0 bridgehead atoms. The molecule has 7 nitrogen and oxygen atoms in total. The van der Waals surface area contributed by atoms with E-state index in [1.165, 1.54) is 18.7 Å². The van der Waals surface area contributed by atoms with Crippen LogP contribution in [0.4, 0.5) is 5.69 Å². The second kappa shape index (κ2) is 8.53. The van der Waals surface area contributed by atoms with Crippen LogP contribution in [0.25, 0.3) is 11.3 Å². The van der Waals surface area contributed by atoms with Crippen molar-refractivity contribution in [3.05, 3.63) is 82.8 Å². The fourth-order valence-electron chi connectivity index (χ4n) is 3.94. The Hall–Kier alpha value is -3.36. The van der Waals surface area contributed by atoms with Crippen molar-refractivity contribution in [3.63, 3.8) is 0 Å². The van der Waals surface area contributed by atoms with Crippen LogP contribution in [0.3, 0.4) is 0 Å². The van der Waals surface area contributed by atoms with Crippen molar-refractivity contribution in [2.75, 3.05) is 4.90 Å². The number of rotatable bonds is 4. The van der Waals surface area contributed by atoms with Crippen molar-refractivity contribution in [2.45, 2.75) is 30.9 Å². The van der Waals surface area contributed by atoms with Crippen molar-refractivity contribution in [3.8, 4) is 17.1 Å². The molecule has 0 fully saturated rings. The second-order valence-corrected chi connectivity index (χ2v) is 8.95. The van der Waals surface area contributed by atoms with E-state index in [0.29, 0.717) is 44.4 Å². The Bertz CT molecular complexity index is 1370. The predicted molar refractivity (Wildman–Crippen MR) is 123 cm³/mol. The first-order valence-electron chi connectivity index (χ1n) is 10.3. The van der Waals surface area contributed by atoms with Gasteiger partial charge in [0.25, 0.3) is 10.9 Å². The van der Waals surface area contributed by atoms with Gasteiger partial charge in [-0.15, -0.1) is 0 Å². The number of benzene rings is 2. The Morgan fingerprint density at radius 1 is 1.18 bits per heavy atom. The summed E-state index contributed by atoms with van der Waals surface area (Å²) >= 11 is 7.58. The van der Waals surface area contributed by atoms with Gasteiger partial charge in [-0.2, -0.15) is 0 Å². The number of thioether (sulfide) groups is 1. The number of aromatic nitrogens is 3. The monoisotopic (exact) mass is 478 g/mol. The van der Waals surface area contributed by atoms with Crippen LogP contribution in [0.15, 0.2) is 70.2 Å². The van der Waals surface area contributed by atoms with Gasteiger partial charge in [0, 0.05) is 22.8 Å². The van der Waals surface area contributed by atoms with E-state index in [9.17, 15) is 9.90 Å². The predicted octanol–water partition coefficient (Wildman–Crippen LogP) is 4.27. The molecule has 1 amide bonds. The molecule has 0 saturated carbocycles. The summed E-state index contributed by atoms with van der Waals surface area (Å²) in [5.74, 6) is 1.07. The molecule has 3 heterocycles. The Labute approximate surface area is 199 Å². The van der Waals surface area contributed by atoms with Crippen LogP contribution in [0.5, 0.6) is 5.88 Å². The number of nitrogens with zero attached hydrogens (tertiary/aromatic N) is 4. The molecule has 166 valence electrons. The number of carbonyl (C=O) groups excluding carboxylic acids is 1. The van der Waals surface area contributed by atoms with Crippen LogP contribution in [0.1, 0.15) is 30.2 Å². The third-order valence-corrected chi connectivity index (χ3v) is 6.64. The summed E-state index contributed by atoms with van der Waals surface area (Å²) in [7, 11) is 0. The van der Waals surface area contributed by atoms with Gasteiger partial charge in [0.15, 0.2) is 5.76 Å². The van der Waals surface area contributed by atoms with Crippen molar-refractivity contribution >= 4 is 35.0 Å². The van der Waals surface area contributed by atoms with Crippen LogP contribution >= 0.6 is 23.4 Å². The molecule has 9 heteroatoms. The lowest BCUT2D eigenvalue weighted by atomic mass is 10.0. The van der Waals surface area contributed by atoms with Gasteiger partial charge < -0.3 is 9.52 Å². The maximum absolute atomic E-state index is 13.2. The molecule has 2 aromatic heterocycles. The molecule has 0 radical (unpaired) electrons. The summed E-state index contributed by atoms with van der Waals surface area (Å²) in [4.78, 5) is 18.6. The number of para-hydroxylation sites is 1. The van der Waals surface area contributed by atoms with Crippen LogP contribution < -0.4 is 14.7 Å². The first kappa shape index (κ1) is 21.5. The van der Waals surface area contributed by atoms with E-state index in [1.807, 2.05) is 55.5 Å². The van der Waals surface area contributed by atoms with Gasteiger partial charge in [-0.1, -0.05) is 53.7 Å². The highest BCUT2D eigenvalue weighted by Crippen LogP contribution is 2.41. The average Bonchev–Trinajstić information content (AvgIpc) is 3.23. The smallest absolute Gasteiger partial charge is 0.325 e. The van der Waals surface area contributed by atoms with Gasteiger partial charge in [-0.05, 0) is 47.5 Å². The number of anilines is 1. The van der Waals surface area contributed by atoms with E-state index in [0.717, 1.165) is 5.56 Å². The fourth-order valence-corrected chi connectivity index (χ4v) is 5.05. The first-order chi connectivity index (χ1) is 15.9. The van der Waals surface area contributed by atoms with Gasteiger partial charge in [-0.25, -0.2) is 9.88 Å². The SMILES string of the molecule is CC(=O)N1c2ccccc2-c2c([O-])nc(SCc3ccccc3Cl)n[n+]2C1c1ccc(C)o1. The number of furan rings is 1. The Balaban J connectivity index is 1.66. The number of hydrogen-bond donors (Lipinski definition) is 0. The quantitative estimate of drug-likeness (QED) is 0.321. The Morgan fingerprint density at radius 2 is 1.94 bits per heavy atom. The minimum atomic E-state index is -0.753. The van der Waals surface area contributed by atoms with Crippen LogP contribution in [-0.2, 0) is 10.5 Å². The van der Waals surface area contributed by atoms with E-state index in [2.05, 4.69) is 10.1 Å². The highest BCUT2D eigenvalue weighted by molar-refractivity contribution is 7.98. The van der Waals surface area contributed by atoms with Gasteiger partial charge in [0.05, 0.1) is 17.1 Å². The van der Waals surface area contributed by atoms with Crippen LogP contribution in [-0.4, -0.2) is 16.0 Å². The van der Waals surface area contributed by atoms with E-state index < -0.39 is 12.0 Å². The number of aryl methyl sites for hydroxylation is 1. The number of carbonyl (C=O) groups is 1. The molecule has 0 saturated heterocycles. The molecule has 1 aliphatic heterocycles. The normalized spacial score (nSPS) is 14.6. The molecular weight excluding hydrogens is 460 g/mol. The molecule has 2 aromatic carbocycles. The molecule has 1 unspecified atom stereocenters. The molecule has 1 atom stereocenters. The second-order valence-electron chi connectivity index (χ2n) is 7.60. The highest BCUT2D eigenvalue weighted by atomic mass is 35.5. The lowest BCUT2D eigenvalue weighted by molar-refractivity contribution is -0.765.